The molecule has 2 aliphatic heterocycles. The number of aliphatic hydroxyl groups is 1. The molecule has 4 heterocycles. The summed E-state index contributed by atoms with van der Waals surface area (Å²) in [4.78, 5) is 19.8. The highest BCUT2D eigenvalue weighted by Crippen LogP contribution is 2.45. The van der Waals surface area contributed by atoms with Gasteiger partial charge < -0.3 is 19.7 Å². The predicted octanol–water partition coefficient (Wildman–Crippen LogP) is 3.36. The van der Waals surface area contributed by atoms with E-state index >= 15 is 0 Å². The summed E-state index contributed by atoms with van der Waals surface area (Å²) in [6.45, 7) is 4.81. The third kappa shape index (κ3) is 3.76. The van der Waals surface area contributed by atoms with Gasteiger partial charge in [-0.2, -0.15) is 5.26 Å². The molecule has 180 valence electrons. The number of anilines is 1. The number of nitrogens with zero attached hydrogens (tertiary/aromatic N) is 4. The summed E-state index contributed by atoms with van der Waals surface area (Å²) < 4.78 is 8.17. The molecule has 1 saturated heterocycles. The minimum absolute atomic E-state index is 0.0512. The van der Waals surface area contributed by atoms with Gasteiger partial charge in [0.15, 0.2) is 0 Å². The van der Waals surface area contributed by atoms with E-state index in [-0.39, 0.29) is 5.91 Å². The lowest BCUT2D eigenvalue weighted by molar-refractivity contribution is -0.122. The highest BCUT2D eigenvalue weighted by Gasteiger charge is 2.48. The van der Waals surface area contributed by atoms with E-state index in [1.807, 2.05) is 31.3 Å². The second kappa shape index (κ2) is 8.08. The number of piperidine rings is 1. The van der Waals surface area contributed by atoms with Crippen LogP contribution < -0.4 is 10.1 Å². The van der Waals surface area contributed by atoms with E-state index in [0.29, 0.717) is 18.2 Å². The van der Waals surface area contributed by atoms with Crippen LogP contribution in [-0.4, -0.2) is 57.3 Å². The van der Waals surface area contributed by atoms with Crippen molar-refractivity contribution in [2.45, 2.75) is 49.7 Å². The number of ether oxygens (including phenoxy) is 1. The number of hydrogen-bond acceptors (Lipinski definition) is 6. The number of fused-ring (bicyclic) bond motifs is 3. The van der Waals surface area contributed by atoms with Crippen molar-refractivity contribution in [3.05, 3.63) is 53.9 Å². The number of amides is 1. The number of hydrogen-bond donors (Lipinski definition) is 2. The molecule has 2 N–H and O–H groups in total. The Morgan fingerprint density at radius 3 is 2.80 bits per heavy atom. The predicted molar refractivity (Wildman–Crippen MR) is 131 cm³/mol. The van der Waals surface area contributed by atoms with Crippen LogP contribution in [-0.2, 0) is 10.2 Å². The number of aromatic nitrogens is 2. The lowest BCUT2D eigenvalue weighted by Gasteiger charge is -2.41. The molecule has 1 aliphatic carbocycles. The van der Waals surface area contributed by atoms with Gasteiger partial charge in [0, 0.05) is 29.9 Å². The first-order chi connectivity index (χ1) is 16.9. The zero-order valence-electron chi connectivity index (χ0n) is 19.8. The van der Waals surface area contributed by atoms with Gasteiger partial charge in [-0.1, -0.05) is 0 Å². The van der Waals surface area contributed by atoms with Gasteiger partial charge in [-0.05, 0) is 81.6 Å². The number of rotatable bonds is 5. The minimum atomic E-state index is -0.567. The Balaban J connectivity index is 1.05. The Bertz CT molecular complexity index is 1340. The Hall–Kier alpha value is -3.41. The summed E-state index contributed by atoms with van der Waals surface area (Å²) in [7, 11) is 0. The SMILES string of the molecule is CC1(O)CC(n2ccc3cc(OCCN4CCC5(CC4)C(=O)Nc4ccc(C#N)cc45)cnc32)C1. The van der Waals surface area contributed by atoms with Crippen molar-refractivity contribution in [1.82, 2.24) is 14.5 Å². The van der Waals surface area contributed by atoms with Gasteiger partial charge in [-0.3, -0.25) is 9.69 Å². The highest BCUT2D eigenvalue weighted by atomic mass is 16.5. The standard InChI is InChI=1S/C27H29N5O3/c1-26(34)14-20(15-26)32-7-4-19-13-21(17-29-24(19)32)35-11-10-31-8-5-27(6-9-31)22-12-18(16-28)2-3-23(22)30-25(27)33/h2-4,7,12-13,17,20,34H,5-6,8-11,14-15H2,1H3,(H,30,33). The van der Waals surface area contributed by atoms with Crippen LogP contribution in [0.1, 0.15) is 49.8 Å². The molecule has 6 rings (SSSR count). The van der Waals surface area contributed by atoms with Crippen molar-refractivity contribution < 1.29 is 14.6 Å². The van der Waals surface area contributed by atoms with Crippen LogP contribution in [0.2, 0.25) is 0 Å². The molecular formula is C27H29N5O3. The largest absolute Gasteiger partial charge is 0.491 e. The van der Waals surface area contributed by atoms with Crippen LogP contribution in [0, 0.1) is 11.3 Å². The summed E-state index contributed by atoms with van der Waals surface area (Å²) in [6.07, 6.45) is 6.78. The molecule has 2 fully saturated rings. The van der Waals surface area contributed by atoms with Crippen LogP contribution in [0.25, 0.3) is 11.0 Å². The van der Waals surface area contributed by atoms with E-state index in [9.17, 15) is 15.2 Å². The van der Waals surface area contributed by atoms with Crippen molar-refractivity contribution in [3.63, 3.8) is 0 Å². The molecule has 0 unspecified atom stereocenters. The highest BCUT2D eigenvalue weighted by molar-refractivity contribution is 6.06. The number of carbonyl (C=O) groups is 1. The maximum Gasteiger partial charge on any atom is 0.235 e. The number of nitriles is 1. The van der Waals surface area contributed by atoms with Gasteiger partial charge in [0.25, 0.3) is 0 Å². The molecule has 8 heteroatoms. The maximum absolute atomic E-state index is 12.9. The zero-order chi connectivity index (χ0) is 24.2. The smallest absolute Gasteiger partial charge is 0.235 e. The Kier molecular flexibility index (Phi) is 5.09. The van der Waals surface area contributed by atoms with E-state index in [1.54, 1.807) is 12.3 Å². The van der Waals surface area contributed by atoms with Crippen LogP contribution >= 0.6 is 0 Å². The fourth-order valence-electron chi connectivity index (χ4n) is 5.98. The Labute approximate surface area is 204 Å². The monoisotopic (exact) mass is 471 g/mol. The van der Waals surface area contributed by atoms with E-state index in [1.165, 1.54) is 0 Å². The average molecular weight is 472 g/mol. The molecule has 1 amide bonds. The van der Waals surface area contributed by atoms with Gasteiger partial charge in [0.1, 0.15) is 18.0 Å². The molecule has 1 spiro atoms. The van der Waals surface area contributed by atoms with Crippen molar-refractivity contribution in [2.24, 2.45) is 0 Å². The molecular weight excluding hydrogens is 442 g/mol. The number of benzene rings is 1. The fraction of sp³-hybridized carbons (Fsp3) is 0.444. The topological polar surface area (TPSA) is 103 Å². The number of carbonyl (C=O) groups excluding carboxylic acids is 1. The van der Waals surface area contributed by atoms with Crippen molar-refractivity contribution in [2.75, 3.05) is 31.6 Å². The molecule has 8 nitrogen and oxygen atoms in total. The maximum atomic E-state index is 12.9. The lowest BCUT2D eigenvalue weighted by Crippen LogP contribution is -2.47. The summed E-state index contributed by atoms with van der Waals surface area (Å²) in [5.74, 6) is 0.799. The molecule has 1 aromatic carbocycles. The average Bonchev–Trinajstić information content (AvgIpc) is 3.37. The van der Waals surface area contributed by atoms with Gasteiger partial charge in [0.2, 0.25) is 5.91 Å². The zero-order valence-corrected chi connectivity index (χ0v) is 19.8. The summed E-state index contributed by atoms with van der Waals surface area (Å²) >= 11 is 0. The van der Waals surface area contributed by atoms with Crippen molar-refractivity contribution in [1.29, 1.82) is 5.26 Å². The molecule has 0 radical (unpaired) electrons. The van der Waals surface area contributed by atoms with Crippen molar-refractivity contribution in [3.8, 4) is 11.8 Å². The van der Waals surface area contributed by atoms with Gasteiger partial charge in [-0.25, -0.2) is 4.98 Å². The summed E-state index contributed by atoms with van der Waals surface area (Å²) in [5, 5.41) is 23.4. The molecule has 0 bridgehead atoms. The number of nitrogens with one attached hydrogen (secondary N) is 1. The minimum Gasteiger partial charge on any atom is -0.491 e. The summed E-state index contributed by atoms with van der Waals surface area (Å²) in [5.41, 5.74) is 2.22. The first-order valence-corrected chi connectivity index (χ1v) is 12.3. The van der Waals surface area contributed by atoms with E-state index < -0.39 is 11.0 Å². The van der Waals surface area contributed by atoms with Gasteiger partial charge in [-0.15, -0.1) is 0 Å². The first kappa shape index (κ1) is 22.1. The molecule has 0 atom stereocenters. The number of likely N-dealkylation sites (tertiary alicyclic amines) is 1. The molecule has 2 aromatic heterocycles. The second-order valence-corrected chi connectivity index (χ2v) is 10.5. The molecule has 3 aromatic rings. The third-order valence-electron chi connectivity index (χ3n) is 8.01. The molecule has 3 aliphatic rings. The number of pyridine rings is 1. The lowest BCUT2D eigenvalue weighted by atomic mass is 9.73. The van der Waals surface area contributed by atoms with Gasteiger partial charge >= 0.3 is 0 Å². The van der Waals surface area contributed by atoms with E-state index in [4.69, 9.17) is 4.74 Å². The quantitative estimate of drug-likeness (QED) is 0.592. The van der Waals surface area contributed by atoms with Crippen LogP contribution in [0.5, 0.6) is 5.75 Å². The van der Waals surface area contributed by atoms with Gasteiger partial charge in [0.05, 0.1) is 28.8 Å². The van der Waals surface area contributed by atoms with E-state index in [2.05, 4.69) is 31.9 Å². The third-order valence-corrected chi connectivity index (χ3v) is 8.01. The molecule has 35 heavy (non-hydrogen) atoms. The normalized spacial score (nSPS) is 25.2. The van der Waals surface area contributed by atoms with E-state index in [0.717, 1.165) is 73.4 Å². The Morgan fingerprint density at radius 1 is 1.26 bits per heavy atom. The van der Waals surface area contributed by atoms with Crippen LogP contribution in [0.4, 0.5) is 5.69 Å². The Morgan fingerprint density at radius 2 is 2.06 bits per heavy atom. The second-order valence-electron chi connectivity index (χ2n) is 10.5. The van der Waals surface area contributed by atoms with Crippen LogP contribution in [0.3, 0.4) is 0 Å². The first-order valence-electron chi connectivity index (χ1n) is 12.3. The fourth-order valence-corrected chi connectivity index (χ4v) is 5.98. The van der Waals surface area contributed by atoms with Crippen LogP contribution in [0.15, 0.2) is 42.7 Å². The summed E-state index contributed by atoms with van der Waals surface area (Å²) in [6, 6.07) is 12.0. The molecule has 1 saturated carbocycles. The van der Waals surface area contributed by atoms with Crippen molar-refractivity contribution >= 4 is 22.6 Å².